The highest BCUT2D eigenvalue weighted by Crippen LogP contribution is 2.34. The SMILES string of the molecule is Cc1nn(C)c(C)c1CN(C(=O)c1ccccc1OC(F)(F)C(F)F)C1CC1. The molecule has 0 bridgehead atoms. The van der Waals surface area contributed by atoms with Gasteiger partial charge in [0, 0.05) is 30.9 Å². The van der Waals surface area contributed by atoms with Crippen molar-refractivity contribution in [2.75, 3.05) is 0 Å². The molecule has 28 heavy (non-hydrogen) atoms. The van der Waals surface area contributed by atoms with Gasteiger partial charge in [-0.05, 0) is 38.8 Å². The molecule has 1 saturated carbocycles. The van der Waals surface area contributed by atoms with E-state index in [0.717, 1.165) is 35.9 Å². The topological polar surface area (TPSA) is 47.4 Å². The van der Waals surface area contributed by atoms with Crippen LogP contribution >= 0.6 is 0 Å². The Bertz CT molecular complexity index is 878. The number of ether oxygens (including phenoxy) is 1. The molecule has 0 saturated heterocycles. The molecule has 1 aliphatic rings. The molecular formula is C19H21F4N3O2. The van der Waals surface area contributed by atoms with Gasteiger partial charge in [-0.2, -0.15) is 22.7 Å². The zero-order chi connectivity index (χ0) is 20.6. The number of amides is 1. The maximum absolute atomic E-state index is 13.4. The van der Waals surface area contributed by atoms with Gasteiger partial charge < -0.3 is 9.64 Å². The number of carbonyl (C=O) groups is 1. The smallest absolute Gasteiger partial charge is 0.427 e. The van der Waals surface area contributed by atoms with Crippen molar-refractivity contribution in [2.45, 2.75) is 51.8 Å². The first kappa shape index (κ1) is 20.2. The lowest BCUT2D eigenvalue weighted by molar-refractivity contribution is -0.253. The van der Waals surface area contributed by atoms with Crippen molar-refractivity contribution in [3.8, 4) is 5.75 Å². The van der Waals surface area contributed by atoms with E-state index in [9.17, 15) is 22.4 Å². The van der Waals surface area contributed by atoms with E-state index in [0.29, 0.717) is 0 Å². The van der Waals surface area contributed by atoms with Gasteiger partial charge in [-0.1, -0.05) is 12.1 Å². The van der Waals surface area contributed by atoms with E-state index in [1.807, 2.05) is 13.8 Å². The Kier molecular flexibility index (Phi) is 5.36. The van der Waals surface area contributed by atoms with E-state index in [-0.39, 0.29) is 18.2 Å². The highest BCUT2D eigenvalue weighted by atomic mass is 19.3. The van der Waals surface area contributed by atoms with Crippen LogP contribution in [0.1, 0.15) is 40.2 Å². The fourth-order valence-electron chi connectivity index (χ4n) is 3.05. The summed E-state index contributed by atoms with van der Waals surface area (Å²) >= 11 is 0. The number of halogens is 4. The Morgan fingerprint density at radius 1 is 1.32 bits per heavy atom. The Labute approximate surface area is 159 Å². The number of para-hydroxylation sites is 1. The molecule has 0 spiro atoms. The van der Waals surface area contributed by atoms with Crippen molar-refractivity contribution in [3.63, 3.8) is 0 Å². The third-order valence-corrected chi connectivity index (χ3v) is 4.85. The quantitative estimate of drug-likeness (QED) is 0.660. The van der Waals surface area contributed by atoms with Crippen LogP contribution in [0.4, 0.5) is 17.6 Å². The van der Waals surface area contributed by atoms with Gasteiger partial charge in [0.1, 0.15) is 5.75 Å². The van der Waals surface area contributed by atoms with Gasteiger partial charge in [-0.25, -0.2) is 0 Å². The fraction of sp³-hybridized carbons (Fsp3) is 0.474. The first-order chi connectivity index (χ1) is 13.1. The average molecular weight is 399 g/mol. The zero-order valence-corrected chi connectivity index (χ0v) is 15.8. The van der Waals surface area contributed by atoms with E-state index >= 15 is 0 Å². The summed E-state index contributed by atoms with van der Waals surface area (Å²) in [6, 6.07) is 5.19. The summed E-state index contributed by atoms with van der Waals surface area (Å²) in [7, 11) is 1.80. The summed E-state index contributed by atoms with van der Waals surface area (Å²) in [5.41, 5.74) is 2.37. The third-order valence-electron chi connectivity index (χ3n) is 4.85. The zero-order valence-electron chi connectivity index (χ0n) is 15.8. The number of carbonyl (C=O) groups excluding carboxylic acids is 1. The second kappa shape index (κ2) is 7.44. The molecule has 9 heteroatoms. The van der Waals surface area contributed by atoms with Crippen molar-refractivity contribution in [3.05, 3.63) is 46.8 Å². The highest BCUT2D eigenvalue weighted by molar-refractivity contribution is 5.97. The van der Waals surface area contributed by atoms with Crippen LogP contribution in [0.2, 0.25) is 0 Å². The number of aryl methyl sites for hydroxylation is 2. The molecule has 0 radical (unpaired) electrons. The van der Waals surface area contributed by atoms with E-state index in [1.54, 1.807) is 16.6 Å². The number of aromatic nitrogens is 2. The summed E-state index contributed by atoms with van der Waals surface area (Å²) in [5.74, 6) is -1.10. The summed E-state index contributed by atoms with van der Waals surface area (Å²) in [6.07, 6.45) is -7.10. The lowest BCUT2D eigenvalue weighted by Gasteiger charge is -2.25. The van der Waals surface area contributed by atoms with E-state index in [2.05, 4.69) is 9.84 Å². The number of hydrogen-bond acceptors (Lipinski definition) is 3. The van der Waals surface area contributed by atoms with Gasteiger partial charge in [0.05, 0.1) is 11.3 Å². The molecule has 1 aromatic heterocycles. The summed E-state index contributed by atoms with van der Waals surface area (Å²) < 4.78 is 57.8. The van der Waals surface area contributed by atoms with Crippen molar-refractivity contribution in [2.24, 2.45) is 7.05 Å². The van der Waals surface area contributed by atoms with Crippen molar-refractivity contribution < 1.29 is 27.1 Å². The number of rotatable bonds is 7. The van der Waals surface area contributed by atoms with Gasteiger partial charge in [-0.3, -0.25) is 9.48 Å². The van der Waals surface area contributed by atoms with Crippen LogP contribution in [-0.2, 0) is 13.6 Å². The van der Waals surface area contributed by atoms with Gasteiger partial charge in [0.2, 0.25) is 0 Å². The molecule has 1 aromatic carbocycles. The molecule has 0 unspecified atom stereocenters. The Morgan fingerprint density at radius 2 is 1.96 bits per heavy atom. The fourth-order valence-corrected chi connectivity index (χ4v) is 3.05. The first-order valence-corrected chi connectivity index (χ1v) is 8.86. The predicted octanol–water partition coefficient (Wildman–Crippen LogP) is 4.08. The number of benzene rings is 1. The minimum atomic E-state index is -4.68. The summed E-state index contributed by atoms with van der Waals surface area (Å²) in [6.45, 7) is 3.97. The third kappa shape index (κ3) is 3.98. The van der Waals surface area contributed by atoms with Gasteiger partial charge in [-0.15, -0.1) is 0 Å². The Morgan fingerprint density at radius 3 is 2.50 bits per heavy atom. The van der Waals surface area contributed by atoms with Crippen molar-refractivity contribution in [1.82, 2.24) is 14.7 Å². The predicted molar refractivity (Wildman–Crippen MR) is 93.6 cm³/mol. The van der Waals surface area contributed by atoms with Crippen LogP contribution in [0.5, 0.6) is 5.75 Å². The molecule has 0 atom stereocenters. The van der Waals surface area contributed by atoms with Crippen molar-refractivity contribution >= 4 is 5.91 Å². The maximum Gasteiger partial charge on any atom is 0.461 e. The molecule has 0 N–H and O–H groups in total. The monoisotopic (exact) mass is 399 g/mol. The molecule has 5 nitrogen and oxygen atoms in total. The minimum Gasteiger partial charge on any atom is -0.427 e. The van der Waals surface area contributed by atoms with Gasteiger partial charge in [0.15, 0.2) is 0 Å². The molecule has 1 amide bonds. The number of alkyl halides is 4. The normalized spacial score (nSPS) is 14.4. The van der Waals surface area contributed by atoms with Gasteiger partial charge in [0.25, 0.3) is 5.91 Å². The summed E-state index contributed by atoms with van der Waals surface area (Å²) in [5, 5.41) is 4.33. The number of nitrogens with zero attached hydrogens (tertiary/aromatic N) is 3. The van der Waals surface area contributed by atoms with E-state index in [1.165, 1.54) is 18.2 Å². The molecule has 1 aliphatic carbocycles. The van der Waals surface area contributed by atoms with Crippen LogP contribution in [-0.4, -0.2) is 39.2 Å². The molecule has 152 valence electrons. The number of hydrogen-bond donors (Lipinski definition) is 0. The molecule has 1 heterocycles. The molecule has 3 rings (SSSR count). The largest absolute Gasteiger partial charge is 0.461 e. The second-order valence-corrected chi connectivity index (χ2v) is 6.90. The highest BCUT2D eigenvalue weighted by Gasteiger charge is 2.45. The van der Waals surface area contributed by atoms with E-state index < -0.39 is 24.2 Å². The van der Waals surface area contributed by atoms with Crippen LogP contribution in [0.25, 0.3) is 0 Å². The lowest BCUT2D eigenvalue weighted by Crippen LogP contribution is -2.36. The van der Waals surface area contributed by atoms with Gasteiger partial charge >= 0.3 is 12.5 Å². The summed E-state index contributed by atoms with van der Waals surface area (Å²) in [4.78, 5) is 14.7. The standard InChI is InChI=1S/C19H21F4N3O2/c1-11-15(12(2)25(3)24-11)10-26(13-8-9-13)17(27)14-6-4-5-7-16(14)28-19(22,23)18(20)21/h4-7,13,18H,8-10H2,1-3H3. The molecule has 0 aliphatic heterocycles. The van der Waals surface area contributed by atoms with Crippen LogP contribution in [0, 0.1) is 13.8 Å². The van der Waals surface area contributed by atoms with Crippen LogP contribution < -0.4 is 4.74 Å². The van der Waals surface area contributed by atoms with E-state index in [4.69, 9.17) is 0 Å². The molecule has 2 aromatic rings. The van der Waals surface area contributed by atoms with Crippen molar-refractivity contribution in [1.29, 1.82) is 0 Å². The Balaban J connectivity index is 1.91. The average Bonchev–Trinajstić information content (AvgIpc) is 3.42. The maximum atomic E-state index is 13.4. The molecule has 1 fully saturated rings. The Hall–Kier alpha value is -2.58. The minimum absolute atomic E-state index is 0.0322. The van der Waals surface area contributed by atoms with Crippen LogP contribution in [0.3, 0.4) is 0 Å². The van der Waals surface area contributed by atoms with Crippen LogP contribution in [0.15, 0.2) is 24.3 Å². The second-order valence-electron chi connectivity index (χ2n) is 6.90. The lowest BCUT2D eigenvalue weighted by atomic mass is 10.1. The first-order valence-electron chi connectivity index (χ1n) is 8.86. The molecular weight excluding hydrogens is 378 g/mol.